The highest BCUT2D eigenvalue weighted by molar-refractivity contribution is 5.49. The molecule has 15 heavy (non-hydrogen) atoms. The zero-order chi connectivity index (χ0) is 10.8. The monoisotopic (exact) mass is 207 g/mol. The number of methoxy groups -OCH3 is 1. The van der Waals surface area contributed by atoms with Crippen molar-refractivity contribution in [3.63, 3.8) is 0 Å². The Labute approximate surface area is 90.1 Å². The van der Waals surface area contributed by atoms with E-state index in [1.165, 1.54) is 6.42 Å². The van der Waals surface area contributed by atoms with E-state index in [-0.39, 0.29) is 11.8 Å². The molecule has 3 heteroatoms. The van der Waals surface area contributed by atoms with E-state index in [0.29, 0.717) is 5.75 Å². The number of nitrogens with one attached hydrogen (secondary N) is 1. The lowest BCUT2D eigenvalue weighted by Crippen LogP contribution is -2.13. The molecule has 1 fully saturated rings. The second-order valence-corrected chi connectivity index (χ2v) is 4.05. The first-order chi connectivity index (χ1) is 7.22. The van der Waals surface area contributed by atoms with Crippen LogP contribution in [-0.4, -0.2) is 18.8 Å². The lowest BCUT2D eigenvalue weighted by Gasteiger charge is -2.15. The van der Waals surface area contributed by atoms with Crippen molar-refractivity contribution in [3.8, 4) is 11.5 Å². The van der Waals surface area contributed by atoms with Gasteiger partial charge in [-0.25, -0.2) is 0 Å². The predicted octanol–water partition coefficient (Wildman–Crippen LogP) is 2.13. The summed E-state index contributed by atoms with van der Waals surface area (Å²) < 4.78 is 5.15. The molecule has 0 spiro atoms. The quantitative estimate of drug-likeness (QED) is 0.780. The zero-order valence-corrected chi connectivity index (χ0v) is 9.21. The number of phenols is 1. The van der Waals surface area contributed by atoms with Gasteiger partial charge < -0.3 is 15.2 Å². The molecule has 0 saturated carbocycles. The Bertz CT molecular complexity index is 357. The molecule has 2 N–H and O–H groups in total. The first-order valence-electron chi connectivity index (χ1n) is 5.33. The Balaban J connectivity index is 2.40. The van der Waals surface area contributed by atoms with Crippen molar-refractivity contribution in [1.82, 2.24) is 5.32 Å². The first-order valence-corrected chi connectivity index (χ1v) is 5.33. The Kier molecular flexibility index (Phi) is 2.82. The fourth-order valence-electron chi connectivity index (χ4n) is 2.14. The maximum absolute atomic E-state index is 10.0. The second kappa shape index (κ2) is 4.11. The van der Waals surface area contributed by atoms with E-state index in [2.05, 4.69) is 5.32 Å². The number of ether oxygens (including phenoxy) is 1. The van der Waals surface area contributed by atoms with Gasteiger partial charge in [-0.15, -0.1) is 0 Å². The number of rotatable bonds is 2. The van der Waals surface area contributed by atoms with E-state index in [0.717, 1.165) is 24.1 Å². The van der Waals surface area contributed by atoms with Gasteiger partial charge >= 0.3 is 0 Å². The molecule has 1 atom stereocenters. The van der Waals surface area contributed by atoms with E-state index in [9.17, 15) is 5.11 Å². The van der Waals surface area contributed by atoms with Crippen molar-refractivity contribution >= 4 is 0 Å². The molecular weight excluding hydrogens is 190 g/mol. The van der Waals surface area contributed by atoms with E-state index in [1.807, 2.05) is 19.1 Å². The summed E-state index contributed by atoms with van der Waals surface area (Å²) in [6.45, 7) is 3.04. The number of aryl methyl sites for hydroxylation is 1. The van der Waals surface area contributed by atoms with Crippen molar-refractivity contribution < 1.29 is 9.84 Å². The highest BCUT2D eigenvalue weighted by Crippen LogP contribution is 2.37. The third-order valence-electron chi connectivity index (χ3n) is 2.90. The molecule has 1 saturated heterocycles. The van der Waals surface area contributed by atoms with Crippen molar-refractivity contribution in [3.05, 3.63) is 23.3 Å². The fraction of sp³-hybridized carbons (Fsp3) is 0.500. The standard InChI is InChI=1S/C12H17NO2/c1-8-6-9(10-4-3-5-13-10)12(14)11(7-8)15-2/h6-7,10,13-14H,3-5H2,1-2H3. The second-order valence-electron chi connectivity index (χ2n) is 4.05. The molecule has 0 aliphatic carbocycles. The third-order valence-corrected chi connectivity index (χ3v) is 2.90. The lowest BCUT2D eigenvalue weighted by molar-refractivity contribution is 0.367. The van der Waals surface area contributed by atoms with Crippen molar-refractivity contribution in [2.75, 3.05) is 13.7 Å². The van der Waals surface area contributed by atoms with Crippen LogP contribution >= 0.6 is 0 Å². The van der Waals surface area contributed by atoms with Gasteiger partial charge in [-0.1, -0.05) is 6.07 Å². The number of benzene rings is 1. The summed E-state index contributed by atoms with van der Waals surface area (Å²) in [4.78, 5) is 0. The van der Waals surface area contributed by atoms with E-state index < -0.39 is 0 Å². The van der Waals surface area contributed by atoms with Gasteiger partial charge in [0.2, 0.25) is 0 Å². The fourth-order valence-corrected chi connectivity index (χ4v) is 2.14. The van der Waals surface area contributed by atoms with Gasteiger partial charge in [0, 0.05) is 11.6 Å². The van der Waals surface area contributed by atoms with E-state index in [4.69, 9.17) is 4.74 Å². The van der Waals surface area contributed by atoms with E-state index in [1.54, 1.807) is 7.11 Å². The van der Waals surface area contributed by atoms with Gasteiger partial charge in [0.1, 0.15) is 0 Å². The maximum atomic E-state index is 10.0. The van der Waals surface area contributed by atoms with Crippen molar-refractivity contribution in [2.24, 2.45) is 0 Å². The largest absolute Gasteiger partial charge is 0.504 e. The summed E-state index contributed by atoms with van der Waals surface area (Å²) in [5, 5.41) is 13.4. The average molecular weight is 207 g/mol. The van der Waals surface area contributed by atoms with Crippen molar-refractivity contribution in [2.45, 2.75) is 25.8 Å². The van der Waals surface area contributed by atoms with Gasteiger partial charge in [-0.2, -0.15) is 0 Å². The Hall–Kier alpha value is -1.22. The molecular formula is C12H17NO2. The summed E-state index contributed by atoms with van der Waals surface area (Å²) in [6.07, 6.45) is 2.25. The molecule has 1 unspecified atom stereocenters. The van der Waals surface area contributed by atoms with Crippen LogP contribution in [0.1, 0.15) is 30.0 Å². The first kappa shape index (κ1) is 10.3. The van der Waals surface area contributed by atoms with Crippen LogP contribution in [-0.2, 0) is 0 Å². The van der Waals surface area contributed by atoms with Crippen LogP contribution in [0, 0.1) is 6.92 Å². The molecule has 1 heterocycles. The molecule has 1 aromatic carbocycles. The molecule has 1 aliphatic heterocycles. The number of hydrogen-bond donors (Lipinski definition) is 2. The van der Waals surface area contributed by atoms with Gasteiger partial charge in [0.25, 0.3) is 0 Å². The van der Waals surface area contributed by atoms with Crippen LogP contribution in [0.15, 0.2) is 12.1 Å². The van der Waals surface area contributed by atoms with Gasteiger partial charge in [0.05, 0.1) is 7.11 Å². The van der Waals surface area contributed by atoms with Crippen LogP contribution in [0.4, 0.5) is 0 Å². The predicted molar refractivity (Wildman–Crippen MR) is 59.4 cm³/mol. The Morgan fingerprint density at radius 2 is 2.27 bits per heavy atom. The molecule has 0 amide bonds. The van der Waals surface area contributed by atoms with E-state index >= 15 is 0 Å². The number of aromatic hydroxyl groups is 1. The molecule has 1 aliphatic rings. The van der Waals surface area contributed by atoms with Crippen LogP contribution in [0.5, 0.6) is 11.5 Å². The highest BCUT2D eigenvalue weighted by Gasteiger charge is 2.21. The summed E-state index contributed by atoms with van der Waals surface area (Å²) >= 11 is 0. The summed E-state index contributed by atoms with van der Waals surface area (Å²) in [5.41, 5.74) is 2.08. The molecule has 0 aromatic heterocycles. The Morgan fingerprint density at radius 3 is 2.87 bits per heavy atom. The minimum Gasteiger partial charge on any atom is -0.504 e. The SMILES string of the molecule is COc1cc(C)cc(C2CCCN2)c1O. The third kappa shape index (κ3) is 1.92. The molecule has 1 aromatic rings. The maximum Gasteiger partial charge on any atom is 0.162 e. The number of hydrogen-bond acceptors (Lipinski definition) is 3. The minimum absolute atomic E-state index is 0.277. The summed E-state index contributed by atoms with van der Waals surface area (Å²) in [6, 6.07) is 4.16. The van der Waals surface area contributed by atoms with Crippen LogP contribution in [0.3, 0.4) is 0 Å². The molecule has 0 bridgehead atoms. The molecule has 3 nitrogen and oxygen atoms in total. The smallest absolute Gasteiger partial charge is 0.162 e. The summed E-state index contributed by atoms with van der Waals surface area (Å²) in [7, 11) is 1.58. The summed E-state index contributed by atoms with van der Waals surface area (Å²) in [5.74, 6) is 0.848. The van der Waals surface area contributed by atoms with Crippen molar-refractivity contribution in [1.29, 1.82) is 0 Å². The highest BCUT2D eigenvalue weighted by atomic mass is 16.5. The lowest BCUT2D eigenvalue weighted by atomic mass is 10.0. The number of phenolic OH excluding ortho intramolecular Hbond substituents is 1. The zero-order valence-electron chi connectivity index (χ0n) is 9.21. The van der Waals surface area contributed by atoms with Crippen LogP contribution in [0.25, 0.3) is 0 Å². The Morgan fingerprint density at radius 1 is 1.47 bits per heavy atom. The molecule has 82 valence electrons. The van der Waals surface area contributed by atoms with Crippen LogP contribution < -0.4 is 10.1 Å². The van der Waals surface area contributed by atoms with Gasteiger partial charge in [-0.3, -0.25) is 0 Å². The van der Waals surface area contributed by atoms with Crippen LogP contribution in [0.2, 0.25) is 0 Å². The topological polar surface area (TPSA) is 41.5 Å². The van der Waals surface area contributed by atoms with Gasteiger partial charge in [-0.05, 0) is 37.9 Å². The molecule has 0 radical (unpaired) electrons. The average Bonchev–Trinajstić information content (AvgIpc) is 2.74. The van der Waals surface area contributed by atoms with Gasteiger partial charge in [0.15, 0.2) is 11.5 Å². The molecule has 2 rings (SSSR count). The minimum atomic E-state index is 0.277. The normalized spacial score (nSPS) is 20.5.